The molecule has 0 amide bonds. The molecule has 1 N–H and O–H groups in total. The van der Waals surface area contributed by atoms with E-state index in [9.17, 15) is 0 Å². The molecule has 170 valence electrons. The van der Waals surface area contributed by atoms with Crippen LogP contribution in [0.15, 0.2) is 54.6 Å². The quantitative estimate of drug-likeness (QED) is 0.496. The van der Waals surface area contributed by atoms with Gasteiger partial charge in [-0.25, -0.2) is 9.97 Å². The van der Waals surface area contributed by atoms with E-state index in [1.54, 1.807) is 0 Å². The van der Waals surface area contributed by atoms with E-state index in [-0.39, 0.29) is 0 Å². The lowest BCUT2D eigenvalue weighted by atomic mass is 10.1. The van der Waals surface area contributed by atoms with Crippen LogP contribution in [0, 0.1) is 0 Å². The van der Waals surface area contributed by atoms with Crippen LogP contribution in [0.5, 0.6) is 0 Å². The number of fused-ring (bicyclic) bond motifs is 1. The molecule has 1 fully saturated rings. The number of para-hydroxylation sites is 1. The predicted molar refractivity (Wildman–Crippen MR) is 133 cm³/mol. The van der Waals surface area contributed by atoms with E-state index in [0.29, 0.717) is 0 Å². The number of rotatable bonds is 10. The Hall–Kier alpha value is -2.54. The highest BCUT2D eigenvalue weighted by Crippen LogP contribution is 2.21. The van der Waals surface area contributed by atoms with Gasteiger partial charge < -0.3 is 15.1 Å². The van der Waals surface area contributed by atoms with Crippen molar-refractivity contribution in [2.75, 3.05) is 65.2 Å². The van der Waals surface area contributed by atoms with Crippen LogP contribution in [0.4, 0.5) is 5.82 Å². The molecule has 1 aliphatic heterocycles. The van der Waals surface area contributed by atoms with Gasteiger partial charge in [-0.05, 0) is 51.2 Å². The summed E-state index contributed by atoms with van der Waals surface area (Å²) in [5.74, 6) is 1.88. The van der Waals surface area contributed by atoms with Gasteiger partial charge in [-0.15, -0.1) is 0 Å². The van der Waals surface area contributed by atoms with Crippen molar-refractivity contribution in [2.45, 2.75) is 19.4 Å². The molecule has 32 heavy (non-hydrogen) atoms. The van der Waals surface area contributed by atoms with E-state index in [1.165, 1.54) is 5.56 Å². The zero-order chi connectivity index (χ0) is 22.2. The molecule has 0 bridgehead atoms. The molecule has 0 spiro atoms. The Bertz CT molecular complexity index is 966. The molecular weight excluding hydrogens is 396 g/mol. The zero-order valence-corrected chi connectivity index (χ0v) is 19.5. The minimum absolute atomic E-state index is 0.809. The van der Waals surface area contributed by atoms with Gasteiger partial charge >= 0.3 is 0 Å². The van der Waals surface area contributed by atoms with Gasteiger partial charge in [0.1, 0.15) is 11.6 Å². The summed E-state index contributed by atoms with van der Waals surface area (Å²) in [7, 11) is 4.22. The first-order chi connectivity index (χ1) is 15.7. The number of hydrogen-bond donors (Lipinski definition) is 1. The van der Waals surface area contributed by atoms with E-state index in [4.69, 9.17) is 9.97 Å². The Morgan fingerprint density at radius 3 is 2.38 bits per heavy atom. The minimum Gasteiger partial charge on any atom is -0.369 e. The fourth-order valence-corrected chi connectivity index (χ4v) is 4.24. The average Bonchev–Trinajstić information content (AvgIpc) is 2.82. The predicted octanol–water partition coefficient (Wildman–Crippen LogP) is 3.35. The van der Waals surface area contributed by atoms with Crippen LogP contribution >= 0.6 is 0 Å². The van der Waals surface area contributed by atoms with Gasteiger partial charge in [0.15, 0.2) is 0 Å². The Labute approximate surface area is 192 Å². The summed E-state index contributed by atoms with van der Waals surface area (Å²) in [5.41, 5.74) is 2.44. The van der Waals surface area contributed by atoms with Crippen molar-refractivity contribution in [3.8, 4) is 0 Å². The first-order valence-electron chi connectivity index (χ1n) is 11.8. The van der Waals surface area contributed by atoms with Crippen LogP contribution in [-0.2, 0) is 13.0 Å². The first kappa shape index (κ1) is 22.6. The largest absolute Gasteiger partial charge is 0.369 e. The number of nitrogens with one attached hydrogen (secondary N) is 1. The van der Waals surface area contributed by atoms with Gasteiger partial charge in [0.2, 0.25) is 0 Å². The van der Waals surface area contributed by atoms with E-state index >= 15 is 0 Å². The summed E-state index contributed by atoms with van der Waals surface area (Å²) >= 11 is 0. The summed E-state index contributed by atoms with van der Waals surface area (Å²) in [4.78, 5) is 17.1. The maximum Gasteiger partial charge on any atom is 0.145 e. The Morgan fingerprint density at radius 1 is 0.875 bits per heavy atom. The fraction of sp³-hybridized carbons (Fsp3) is 0.462. The lowest BCUT2D eigenvalue weighted by molar-refractivity contribution is 0.126. The van der Waals surface area contributed by atoms with Crippen LogP contribution in [0.25, 0.3) is 10.9 Å². The van der Waals surface area contributed by atoms with Crippen molar-refractivity contribution in [1.82, 2.24) is 24.7 Å². The summed E-state index contributed by atoms with van der Waals surface area (Å²) < 4.78 is 0. The van der Waals surface area contributed by atoms with Gasteiger partial charge in [0.05, 0.1) is 12.1 Å². The highest BCUT2D eigenvalue weighted by molar-refractivity contribution is 5.88. The van der Waals surface area contributed by atoms with Gasteiger partial charge in [-0.3, -0.25) is 4.90 Å². The molecule has 2 heterocycles. The van der Waals surface area contributed by atoms with Crippen LogP contribution < -0.4 is 5.32 Å². The van der Waals surface area contributed by atoms with Gasteiger partial charge in [0, 0.05) is 44.7 Å². The highest BCUT2D eigenvalue weighted by Gasteiger charge is 2.18. The first-order valence-corrected chi connectivity index (χ1v) is 11.8. The van der Waals surface area contributed by atoms with Crippen LogP contribution in [0.1, 0.15) is 17.8 Å². The van der Waals surface area contributed by atoms with Crippen LogP contribution in [0.2, 0.25) is 0 Å². The van der Waals surface area contributed by atoms with Crippen molar-refractivity contribution >= 4 is 16.7 Å². The van der Waals surface area contributed by atoms with Crippen molar-refractivity contribution in [2.24, 2.45) is 0 Å². The number of hydrogen-bond acceptors (Lipinski definition) is 6. The summed E-state index contributed by atoms with van der Waals surface area (Å²) in [6.07, 6.45) is 2.21. The molecule has 1 saturated heterocycles. The van der Waals surface area contributed by atoms with Crippen molar-refractivity contribution in [3.63, 3.8) is 0 Å². The molecule has 1 aliphatic rings. The fourth-order valence-electron chi connectivity index (χ4n) is 4.24. The second-order valence-corrected chi connectivity index (χ2v) is 8.94. The van der Waals surface area contributed by atoms with E-state index in [0.717, 1.165) is 87.7 Å². The summed E-state index contributed by atoms with van der Waals surface area (Å²) in [5, 5.41) is 4.66. The Balaban J connectivity index is 1.32. The molecule has 0 atom stereocenters. The number of anilines is 1. The van der Waals surface area contributed by atoms with Crippen molar-refractivity contribution in [1.29, 1.82) is 0 Å². The molecule has 1 aromatic heterocycles. The number of benzene rings is 2. The molecule has 4 rings (SSSR count). The number of aromatic nitrogens is 2. The van der Waals surface area contributed by atoms with Crippen molar-refractivity contribution < 1.29 is 0 Å². The second-order valence-electron chi connectivity index (χ2n) is 8.94. The molecule has 3 aromatic rings. The number of nitrogens with zero attached hydrogens (tertiary/aromatic N) is 5. The summed E-state index contributed by atoms with van der Waals surface area (Å²) in [6, 6.07) is 19.1. The molecular formula is C26H36N6. The third kappa shape index (κ3) is 6.48. The van der Waals surface area contributed by atoms with E-state index in [1.807, 2.05) is 0 Å². The lowest BCUT2D eigenvalue weighted by Gasteiger charge is -2.34. The zero-order valence-electron chi connectivity index (χ0n) is 19.5. The minimum atomic E-state index is 0.809. The molecule has 0 unspecified atom stereocenters. The van der Waals surface area contributed by atoms with E-state index in [2.05, 4.69) is 88.7 Å². The van der Waals surface area contributed by atoms with Crippen LogP contribution in [-0.4, -0.2) is 84.6 Å². The van der Waals surface area contributed by atoms with Crippen molar-refractivity contribution in [3.05, 3.63) is 66.0 Å². The third-order valence-corrected chi connectivity index (χ3v) is 6.11. The molecule has 2 aromatic carbocycles. The molecule has 6 heteroatoms. The molecule has 0 aliphatic carbocycles. The Morgan fingerprint density at radius 2 is 1.59 bits per heavy atom. The average molecular weight is 433 g/mol. The smallest absolute Gasteiger partial charge is 0.145 e. The van der Waals surface area contributed by atoms with Crippen LogP contribution in [0.3, 0.4) is 0 Å². The van der Waals surface area contributed by atoms with Gasteiger partial charge in [-0.2, -0.15) is 0 Å². The molecule has 6 nitrogen and oxygen atoms in total. The number of piperazine rings is 1. The lowest BCUT2D eigenvalue weighted by Crippen LogP contribution is -2.46. The maximum absolute atomic E-state index is 4.92. The highest BCUT2D eigenvalue weighted by atomic mass is 15.3. The SMILES string of the molecule is CN(C)CCCNc1nc(CN2CCN(CCc3ccccc3)CC2)nc2ccccc12. The standard InChI is InChI=1S/C26H36N6/c1-30(2)15-8-14-27-26-23-11-6-7-12-24(23)28-25(29-26)21-32-19-17-31(18-20-32)16-13-22-9-4-3-5-10-22/h3-7,9-12H,8,13-21H2,1-2H3,(H,27,28,29). The monoisotopic (exact) mass is 432 g/mol. The topological polar surface area (TPSA) is 47.5 Å². The third-order valence-electron chi connectivity index (χ3n) is 6.11. The maximum atomic E-state index is 4.92. The summed E-state index contributed by atoms with van der Waals surface area (Å²) in [6.45, 7) is 8.27. The normalized spacial score (nSPS) is 15.5. The molecule has 0 radical (unpaired) electrons. The second kappa shape index (κ2) is 11.4. The molecule has 0 saturated carbocycles. The van der Waals surface area contributed by atoms with E-state index < -0.39 is 0 Å². The van der Waals surface area contributed by atoms with Gasteiger partial charge in [0.25, 0.3) is 0 Å². The van der Waals surface area contributed by atoms with Gasteiger partial charge in [-0.1, -0.05) is 42.5 Å². The Kier molecular flexibility index (Phi) is 8.04.